The summed E-state index contributed by atoms with van der Waals surface area (Å²) in [5.41, 5.74) is 11.4. The molecule has 2 rings (SSSR count). The van der Waals surface area contributed by atoms with E-state index in [-0.39, 0.29) is 29.0 Å². The summed E-state index contributed by atoms with van der Waals surface area (Å²) in [6.07, 6.45) is 19.2. The molecule has 0 heterocycles. The van der Waals surface area contributed by atoms with Crippen molar-refractivity contribution in [3.05, 3.63) is 58.7 Å². The van der Waals surface area contributed by atoms with Crippen LogP contribution in [0.25, 0.3) is 0 Å². The summed E-state index contributed by atoms with van der Waals surface area (Å²) in [6.45, 7) is 6.48. The maximum absolute atomic E-state index is 13.2. The summed E-state index contributed by atoms with van der Waals surface area (Å²) in [7, 11) is 0. The number of benzene rings is 2. The van der Waals surface area contributed by atoms with Gasteiger partial charge in [0.2, 0.25) is 11.8 Å². The van der Waals surface area contributed by atoms with Crippen molar-refractivity contribution in [2.24, 2.45) is 5.92 Å². The van der Waals surface area contributed by atoms with Crippen LogP contribution in [0.4, 0.5) is 0 Å². The second-order valence-corrected chi connectivity index (χ2v) is 13.4. The first kappa shape index (κ1) is 42.1. The zero-order valence-electron chi connectivity index (χ0n) is 30.7. The first-order valence-electron chi connectivity index (χ1n) is 19.0. The van der Waals surface area contributed by atoms with Crippen molar-refractivity contribution in [3.8, 4) is 11.5 Å². The number of hydrazine groups is 2. The molecule has 0 saturated carbocycles. The van der Waals surface area contributed by atoms with Crippen LogP contribution in [0.5, 0.6) is 11.5 Å². The van der Waals surface area contributed by atoms with Crippen molar-refractivity contribution in [1.82, 2.24) is 21.7 Å². The number of hydrogen-bond acceptors (Lipinski definition) is 6. The Morgan fingerprint density at radius 2 is 0.960 bits per heavy atom. The Labute approximate surface area is 299 Å². The Kier molecular flexibility index (Phi) is 21.0. The Bertz CT molecular complexity index is 1330. The summed E-state index contributed by atoms with van der Waals surface area (Å²) in [4.78, 5) is 51.6. The van der Waals surface area contributed by atoms with Crippen LogP contribution < -0.4 is 21.7 Å². The van der Waals surface area contributed by atoms with Gasteiger partial charge in [-0.15, -0.1) is 0 Å². The summed E-state index contributed by atoms with van der Waals surface area (Å²) >= 11 is 0. The van der Waals surface area contributed by atoms with Gasteiger partial charge in [0.25, 0.3) is 11.8 Å². The predicted molar refractivity (Wildman–Crippen MR) is 198 cm³/mol. The van der Waals surface area contributed by atoms with Crippen LogP contribution >= 0.6 is 0 Å². The molecule has 0 radical (unpaired) electrons. The van der Waals surface area contributed by atoms with Gasteiger partial charge in [0.05, 0.1) is 11.1 Å². The van der Waals surface area contributed by atoms with Crippen LogP contribution in [0.15, 0.2) is 36.4 Å². The topological polar surface area (TPSA) is 157 Å². The van der Waals surface area contributed by atoms with Gasteiger partial charge < -0.3 is 10.2 Å². The zero-order chi connectivity index (χ0) is 36.6. The quantitative estimate of drug-likeness (QED) is 0.0482. The highest BCUT2D eigenvalue weighted by Gasteiger charge is 2.24. The molecule has 1 unspecified atom stereocenters. The number of phenolic OH excluding ortho intramolecular Hbond substituents is 2. The van der Waals surface area contributed by atoms with Crippen molar-refractivity contribution in [1.29, 1.82) is 0 Å². The molecule has 0 aromatic heterocycles. The predicted octanol–water partition coefficient (Wildman–Crippen LogP) is 8.10. The molecule has 10 heteroatoms. The number of nitrogens with one attached hydrogen (secondary N) is 4. The summed E-state index contributed by atoms with van der Waals surface area (Å²) < 4.78 is 0. The molecule has 1 atom stereocenters. The van der Waals surface area contributed by atoms with Crippen LogP contribution in [0.2, 0.25) is 0 Å². The highest BCUT2D eigenvalue weighted by Crippen LogP contribution is 2.22. The Morgan fingerprint density at radius 1 is 0.540 bits per heavy atom. The van der Waals surface area contributed by atoms with Crippen LogP contribution in [0.1, 0.15) is 168 Å². The van der Waals surface area contributed by atoms with Gasteiger partial charge in [0.15, 0.2) is 0 Å². The smallest absolute Gasteiger partial charge is 0.273 e. The fourth-order valence-electron chi connectivity index (χ4n) is 5.97. The Morgan fingerprint density at radius 3 is 1.42 bits per heavy atom. The minimum Gasteiger partial charge on any atom is -0.507 e. The van der Waals surface area contributed by atoms with E-state index in [1.54, 1.807) is 30.3 Å². The van der Waals surface area contributed by atoms with Gasteiger partial charge in [0.1, 0.15) is 11.5 Å². The molecular formula is C40H62N4O6. The lowest BCUT2D eigenvalue weighted by atomic mass is 9.96. The third kappa shape index (κ3) is 16.5. The fraction of sp³-hybridized carbons (Fsp3) is 0.600. The van der Waals surface area contributed by atoms with E-state index >= 15 is 0 Å². The van der Waals surface area contributed by atoms with Crippen molar-refractivity contribution in [2.75, 3.05) is 0 Å². The molecule has 0 aliphatic carbocycles. The van der Waals surface area contributed by atoms with Crippen molar-refractivity contribution >= 4 is 23.6 Å². The third-order valence-electron chi connectivity index (χ3n) is 9.07. The Hall–Kier alpha value is -4.08. The minimum absolute atomic E-state index is 0.0346. The molecule has 6 N–H and O–H groups in total. The van der Waals surface area contributed by atoms with Gasteiger partial charge in [-0.25, -0.2) is 0 Å². The van der Waals surface area contributed by atoms with Crippen LogP contribution in [-0.2, 0) is 22.4 Å². The molecule has 0 fully saturated rings. The maximum atomic E-state index is 13.2. The minimum atomic E-state index is -0.771. The molecule has 4 amide bonds. The lowest BCUT2D eigenvalue weighted by Gasteiger charge is -2.18. The van der Waals surface area contributed by atoms with Crippen molar-refractivity contribution < 1.29 is 29.4 Å². The van der Waals surface area contributed by atoms with E-state index in [1.807, 2.05) is 0 Å². The summed E-state index contributed by atoms with van der Waals surface area (Å²) in [5.74, 6) is -3.56. The average Bonchev–Trinajstić information content (AvgIpc) is 3.10. The number of rotatable bonds is 24. The fourth-order valence-corrected chi connectivity index (χ4v) is 5.97. The van der Waals surface area contributed by atoms with Crippen molar-refractivity contribution in [2.45, 2.75) is 149 Å². The SMILES string of the molecule is CCCCCCCCC(CC(=O)NNC(=O)c1ccc(CCCCCCC)cc1O)C(=O)NNC(=O)c1ccc(CCCCCCC)cc1O. The average molecular weight is 695 g/mol. The standard InChI is InChI=1S/C40H62N4O6/c1-4-7-10-13-16-19-22-32(38(48)42-44-40(50)34-26-24-31(28-36(34)46)21-18-15-12-9-6-3)29-37(47)41-43-39(49)33-25-23-30(27-35(33)45)20-17-14-11-8-5-2/h23-28,32,45-46H,4-22,29H2,1-3H3,(H,41,47)(H,42,48)(H,43,49)(H,44,50). The molecule has 278 valence electrons. The van der Waals surface area contributed by atoms with Crippen molar-refractivity contribution in [3.63, 3.8) is 0 Å². The molecule has 50 heavy (non-hydrogen) atoms. The summed E-state index contributed by atoms with van der Waals surface area (Å²) in [6, 6.07) is 9.85. The van der Waals surface area contributed by atoms with E-state index in [1.165, 1.54) is 44.6 Å². The number of aromatic hydroxyl groups is 2. The second kappa shape index (κ2) is 25.0. The van der Waals surface area contributed by atoms with Crippen LogP contribution in [0.3, 0.4) is 0 Å². The largest absolute Gasteiger partial charge is 0.507 e. The van der Waals surface area contributed by atoms with Gasteiger partial charge in [-0.05, 0) is 67.5 Å². The molecule has 2 aromatic carbocycles. The molecule has 10 nitrogen and oxygen atoms in total. The monoisotopic (exact) mass is 694 g/mol. The highest BCUT2D eigenvalue weighted by molar-refractivity contribution is 5.99. The second-order valence-electron chi connectivity index (χ2n) is 13.4. The maximum Gasteiger partial charge on any atom is 0.273 e. The normalized spacial score (nSPS) is 11.5. The summed E-state index contributed by atoms with van der Waals surface area (Å²) in [5, 5.41) is 21.0. The van der Waals surface area contributed by atoms with Gasteiger partial charge in [-0.2, -0.15) is 0 Å². The van der Waals surface area contributed by atoms with E-state index in [0.717, 1.165) is 88.2 Å². The molecule has 0 aliphatic heterocycles. The number of unbranched alkanes of at least 4 members (excludes halogenated alkanes) is 13. The van der Waals surface area contributed by atoms with Crippen LogP contribution in [0, 0.1) is 5.92 Å². The lowest BCUT2D eigenvalue weighted by molar-refractivity contribution is -0.131. The molecule has 0 spiro atoms. The lowest BCUT2D eigenvalue weighted by Crippen LogP contribution is -2.47. The number of carbonyl (C=O) groups is 4. The number of hydrogen-bond donors (Lipinski definition) is 6. The van der Waals surface area contributed by atoms with E-state index in [9.17, 15) is 29.4 Å². The molecule has 0 bridgehead atoms. The van der Waals surface area contributed by atoms with Gasteiger partial charge >= 0.3 is 0 Å². The number of aryl methyl sites for hydroxylation is 2. The highest BCUT2D eigenvalue weighted by atomic mass is 16.3. The molecule has 0 aliphatic rings. The van der Waals surface area contributed by atoms with Gasteiger partial charge in [0, 0.05) is 12.3 Å². The molecule has 2 aromatic rings. The number of amides is 4. The van der Waals surface area contributed by atoms with Crippen LogP contribution in [-0.4, -0.2) is 33.8 Å². The van der Waals surface area contributed by atoms with E-state index in [4.69, 9.17) is 0 Å². The number of carbonyl (C=O) groups excluding carboxylic acids is 4. The third-order valence-corrected chi connectivity index (χ3v) is 9.07. The number of phenols is 2. The van der Waals surface area contributed by atoms with E-state index in [2.05, 4.69) is 42.5 Å². The van der Waals surface area contributed by atoms with E-state index < -0.39 is 29.5 Å². The Balaban J connectivity index is 1.93. The van der Waals surface area contributed by atoms with Gasteiger partial charge in [-0.3, -0.25) is 40.9 Å². The molecule has 0 saturated heterocycles. The van der Waals surface area contributed by atoms with Gasteiger partial charge in [-0.1, -0.05) is 123 Å². The van der Waals surface area contributed by atoms with E-state index in [0.29, 0.717) is 6.42 Å². The first-order valence-corrected chi connectivity index (χ1v) is 19.0. The first-order chi connectivity index (χ1) is 24.2. The molecular weight excluding hydrogens is 632 g/mol. The zero-order valence-corrected chi connectivity index (χ0v) is 30.7.